The van der Waals surface area contributed by atoms with Crippen molar-refractivity contribution in [1.29, 1.82) is 0 Å². The van der Waals surface area contributed by atoms with E-state index in [1.807, 2.05) is 30.3 Å². The first kappa shape index (κ1) is 25.9. The number of nitrogens with zero attached hydrogens (tertiary/aromatic N) is 1. The lowest BCUT2D eigenvalue weighted by Crippen LogP contribution is -2.45. The van der Waals surface area contributed by atoms with E-state index in [1.165, 1.54) is 13.2 Å². The molecule has 0 fully saturated rings. The molecule has 0 aliphatic carbocycles. The maximum Gasteiger partial charge on any atom is 0.310 e. The van der Waals surface area contributed by atoms with Crippen molar-refractivity contribution in [2.24, 2.45) is 5.92 Å². The molecular weight excluding hydrogens is 450 g/mol. The van der Waals surface area contributed by atoms with Gasteiger partial charge in [0.15, 0.2) is 12.4 Å². The molecule has 0 spiro atoms. The average Bonchev–Trinajstić information content (AvgIpc) is 2.76. The van der Waals surface area contributed by atoms with E-state index in [2.05, 4.69) is 0 Å². The van der Waals surface area contributed by atoms with E-state index < -0.39 is 61.0 Å². The molecule has 0 aliphatic heterocycles. The number of esters is 1. The Balaban J connectivity index is 2.09. The number of benzene rings is 2. The Morgan fingerprint density at radius 1 is 0.970 bits per heavy atom. The van der Waals surface area contributed by atoms with Gasteiger partial charge in [-0.05, 0) is 16.3 Å². The number of ether oxygens (including phenoxy) is 1. The highest BCUT2D eigenvalue weighted by molar-refractivity contribution is 7.96. The summed E-state index contributed by atoms with van der Waals surface area (Å²) in [5, 5.41) is 20.0. The number of hydrogen-bond donors (Lipinski definition) is 2. The number of ketones is 1. The van der Waals surface area contributed by atoms with Crippen LogP contribution in [0.4, 0.5) is 0 Å². The van der Waals surface area contributed by atoms with Gasteiger partial charge in [0.25, 0.3) is 0 Å². The molecule has 2 N–H and O–H groups in total. The number of carbonyl (C=O) groups is 5. The molecule has 0 heterocycles. The summed E-state index contributed by atoms with van der Waals surface area (Å²) in [4.78, 5) is 60.0. The highest BCUT2D eigenvalue weighted by Gasteiger charge is 2.35. The van der Waals surface area contributed by atoms with Crippen LogP contribution in [0, 0.1) is 5.92 Å². The Morgan fingerprint density at radius 3 is 2.24 bits per heavy atom. The van der Waals surface area contributed by atoms with Crippen LogP contribution in [0.15, 0.2) is 42.5 Å². The molecule has 2 atom stereocenters. The summed E-state index contributed by atoms with van der Waals surface area (Å²) in [5.41, 5.74) is 0.719. The van der Waals surface area contributed by atoms with Gasteiger partial charge in [0.2, 0.25) is 5.91 Å². The lowest BCUT2D eigenvalue weighted by Gasteiger charge is -2.29. The molecule has 0 saturated heterocycles. The fourth-order valence-electron chi connectivity index (χ4n) is 3.33. The Bertz CT molecular complexity index is 1050. The summed E-state index contributed by atoms with van der Waals surface area (Å²) in [6, 6.07) is 11.6. The molecule has 176 valence electrons. The van der Waals surface area contributed by atoms with Crippen LogP contribution in [0.1, 0.15) is 25.3 Å². The highest BCUT2D eigenvalue weighted by Crippen LogP contribution is 2.22. The third-order valence-corrected chi connectivity index (χ3v) is 5.76. The minimum Gasteiger partial charge on any atom is -0.481 e. The van der Waals surface area contributed by atoms with Crippen molar-refractivity contribution in [3.63, 3.8) is 0 Å². The predicted octanol–water partition coefficient (Wildman–Crippen LogP) is 2.56. The van der Waals surface area contributed by atoms with Crippen LogP contribution in [0.25, 0.3) is 10.8 Å². The number of fused-ring (bicyclic) bond motifs is 1. The van der Waals surface area contributed by atoms with E-state index in [1.54, 1.807) is 12.1 Å². The first-order valence-electron chi connectivity index (χ1n) is 10.1. The molecular formula is C23H25NO8S. The Kier molecular flexibility index (Phi) is 9.41. The van der Waals surface area contributed by atoms with Gasteiger partial charge >= 0.3 is 17.9 Å². The van der Waals surface area contributed by atoms with E-state index in [-0.39, 0.29) is 6.42 Å². The summed E-state index contributed by atoms with van der Waals surface area (Å²) in [6.45, 7) is 0.672. The zero-order chi connectivity index (χ0) is 24.5. The molecule has 0 bridgehead atoms. The molecule has 9 nitrogen and oxygen atoms in total. The zero-order valence-corrected chi connectivity index (χ0v) is 19.0. The number of hydrogen-bond acceptors (Lipinski definition) is 7. The first-order valence-corrected chi connectivity index (χ1v) is 11.3. The highest BCUT2D eigenvalue weighted by atomic mass is 32.2. The topological polar surface area (TPSA) is 138 Å². The number of aliphatic carboxylic acids is 2. The van der Waals surface area contributed by atoms with Gasteiger partial charge in [-0.1, -0.05) is 61.3 Å². The maximum absolute atomic E-state index is 12.7. The molecule has 2 aromatic rings. The second-order valence-electron chi connectivity index (χ2n) is 7.40. The first-order chi connectivity index (χ1) is 15.6. The minimum absolute atomic E-state index is 0.0843. The number of rotatable bonds is 12. The number of Topliss-reactive ketones (excluding diaryl/α,β-unsaturated/α-hetero) is 1. The monoisotopic (exact) mass is 475 g/mol. The lowest BCUT2D eigenvalue weighted by atomic mass is 10.0. The Hall–Kier alpha value is -3.40. The number of carboxylic acids is 2. The van der Waals surface area contributed by atoms with E-state index in [9.17, 15) is 29.1 Å². The fraction of sp³-hybridized carbons (Fsp3) is 0.348. The van der Waals surface area contributed by atoms with Gasteiger partial charge in [-0.15, -0.1) is 0 Å². The fourth-order valence-corrected chi connectivity index (χ4v) is 4.14. The van der Waals surface area contributed by atoms with Crippen molar-refractivity contribution in [1.82, 2.24) is 4.31 Å². The molecule has 2 rings (SSSR count). The van der Waals surface area contributed by atoms with Crippen LogP contribution in [0.2, 0.25) is 0 Å². The van der Waals surface area contributed by atoms with Crippen LogP contribution in [0.5, 0.6) is 0 Å². The second-order valence-corrected chi connectivity index (χ2v) is 8.16. The van der Waals surface area contributed by atoms with Gasteiger partial charge in [0.1, 0.15) is 6.04 Å². The van der Waals surface area contributed by atoms with Crippen LogP contribution in [-0.4, -0.2) is 63.0 Å². The molecule has 0 aromatic heterocycles. The second kappa shape index (κ2) is 12.0. The van der Waals surface area contributed by atoms with Crippen molar-refractivity contribution in [3.05, 3.63) is 48.0 Å². The van der Waals surface area contributed by atoms with Gasteiger partial charge in [-0.2, -0.15) is 0 Å². The van der Waals surface area contributed by atoms with Gasteiger partial charge in [-0.3, -0.25) is 28.3 Å². The van der Waals surface area contributed by atoms with Crippen molar-refractivity contribution in [2.45, 2.75) is 32.2 Å². The summed E-state index contributed by atoms with van der Waals surface area (Å²) < 4.78 is 6.04. The zero-order valence-electron chi connectivity index (χ0n) is 18.2. The van der Waals surface area contributed by atoms with Gasteiger partial charge < -0.3 is 14.9 Å². The van der Waals surface area contributed by atoms with Gasteiger partial charge in [-0.25, -0.2) is 0 Å². The van der Waals surface area contributed by atoms with E-state index in [0.29, 0.717) is 0 Å². The Morgan fingerprint density at radius 2 is 1.61 bits per heavy atom. The third-order valence-electron chi connectivity index (χ3n) is 4.93. The summed E-state index contributed by atoms with van der Waals surface area (Å²) in [5.74, 6) is -5.61. The number of carbonyl (C=O) groups excluding carboxylic acids is 3. The van der Waals surface area contributed by atoms with Gasteiger partial charge in [0, 0.05) is 12.2 Å². The largest absolute Gasteiger partial charge is 0.481 e. The molecule has 0 radical (unpaired) electrons. The van der Waals surface area contributed by atoms with Gasteiger partial charge in [0.05, 0.1) is 19.3 Å². The van der Waals surface area contributed by atoms with E-state index in [4.69, 9.17) is 9.84 Å². The van der Waals surface area contributed by atoms with E-state index >= 15 is 0 Å². The summed E-state index contributed by atoms with van der Waals surface area (Å²) in [7, 11) is 0. The number of amides is 1. The molecule has 0 saturated carbocycles. The molecule has 33 heavy (non-hydrogen) atoms. The van der Waals surface area contributed by atoms with Crippen molar-refractivity contribution in [3.8, 4) is 0 Å². The van der Waals surface area contributed by atoms with Crippen LogP contribution >= 0.6 is 11.9 Å². The van der Waals surface area contributed by atoms with Crippen LogP contribution in [0.3, 0.4) is 0 Å². The van der Waals surface area contributed by atoms with Crippen molar-refractivity contribution >= 4 is 52.3 Å². The third kappa shape index (κ3) is 7.31. The normalized spacial score (nSPS) is 12.5. The quantitative estimate of drug-likeness (QED) is 0.350. The van der Waals surface area contributed by atoms with Crippen LogP contribution < -0.4 is 0 Å². The van der Waals surface area contributed by atoms with Crippen molar-refractivity contribution < 1.29 is 38.9 Å². The molecule has 10 heteroatoms. The minimum atomic E-state index is -1.41. The molecule has 2 aromatic carbocycles. The summed E-state index contributed by atoms with van der Waals surface area (Å²) in [6.07, 6.45) is 0.217. The Labute approximate surface area is 194 Å². The average molecular weight is 476 g/mol. The summed E-state index contributed by atoms with van der Waals surface area (Å²) >= 11 is 0.816. The lowest BCUT2D eigenvalue weighted by molar-refractivity contribution is -0.151. The van der Waals surface area contributed by atoms with Crippen LogP contribution in [-0.2, 0) is 35.1 Å². The standard InChI is InChI=1S/C23H25NO8S/c1-14(10-20(26)27)23(31)24(33-2)18(12-21(28)29)19(25)13-32-22(30)11-16-8-5-7-15-6-3-4-9-17(15)16/h3-9,14,18H,10-13H2,1-2H3,(H,26,27)(H,28,29). The maximum atomic E-state index is 12.7. The molecule has 2 unspecified atom stereocenters. The molecule has 0 aliphatic rings. The predicted molar refractivity (Wildman–Crippen MR) is 121 cm³/mol. The van der Waals surface area contributed by atoms with E-state index in [0.717, 1.165) is 32.6 Å². The number of carboxylic acid groups (broad SMARTS) is 2. The SMILES string of the molecule is CSN(C(=O)C(C)CC(=O)O)C(CC(=O)O)C(=O)COC(=O)Cc1cccc2ccccc12. The molecule has 1 amide bonds. The smallest absolute Gasteiger partial charge is 0.310 e. The van der Waals surface area contributed by atoms with Crippen molar-refractivity contribution in [2.75, 3.05) is 12.9 Å².